The van der Waals surface area contributed by atoms with Gasteiger partial charge in [0.15, 0.2) is 0 Å². The summed E-state index contributed by atoms with van der Waals surface area (Å²) < 4.78 is 0. The molecule has 2 N–H and O–H groups in total. The van der Waals surface area contributed by atoms with E-state index < -0.39 is 17.9 Å². The van der Waals surface area contributed by atoms with Crippen molar-refractivity contribution >= 4 is 17.9 Å². The second-order valence-electron chi connectivity index (χ2n) is 1.53. The van der Waals surface area contributed by atoms with Gasteiger partial charge in [-0.1, -0.05) is 0 Å². The molecule has 0 aliphatic heterocycles. The van der Waals surface area contributed by atoms with Gasteiger partial charge in [0.05, 0.1) is 0 Å². The number of carbonyl (C=O) groups is 3. The van der Waals surface area contributed by atoms with Gasteiger partial charge in [0, 0.05) is 36.9 Å². The van der Waals surface area contributed by atoms with Crippen molar-refractivity contribution in [3.05, 3.63) is 0 Å². The number of hydrogen-bond acceptors (Lipinski definition) is 4. The first-order valence-corrected chi connectivity index (χ1v) is 2.76. The maximum absolute atomic E-state index is 9.00. The van der Waals surface area contributed by atoms with Crippen LogP contribution >= 0.6 is 0 Å². The smallest absolute Gasteiger partial charge is 0.550 e. The van der Waals surface area contributed by atoms with Gasteiger partial charge in [0.1, 0.15) is 0 Å². The second-order valence-corrected chi connectivity index (χ2v) is 1.53. The largest absolute Gasteiger partial charge is 1.00 e. The van der Waals surface area contributed by atoms with Crippen molar-refractivity contribution in [1.82, 2.24) is 0 Å². The molecule has 14 heavy (non-hydrogen) atoms. The molecule has 0 rings (SSSR count). The van der Waals surface area contributed by atoms with Crippen LogP contribution < -0.4 is 34.7 Å². The van der Waals surface area contributed by atoms with Gasteiger partial charge in [-0.15, -0.1) is 0 Å². The monoisotopic (exact) mass is 265 g/mol. The number of carboxylic acids is 3. The quantitative estimate of drug-likeness (QED) is 0.431. The number of rotatable bonds is 0. The fourth-order valence-electron chi connectivity index (χ4n) is 0. The Labute approximate surface area is 114 Å². The number of carbonyl (C=O) groups excluding carboxylic acids is 1. The Morgan fingerprint density at radius 1 is 0.929 bits per heavy atom. The number of carboxylic acid groups (broad SMARTS) is 3. The van der Waals surface area contributed by atoms with Crippen LogP contribution in [0.15, 0.2) is 0 Å². The molecule has 6 nitrogen and oxygen atoms in total. The van der Waals surface area contributed by atoms with Crippen LogP contribution in [0.4, 0.5) is 0 Å². The van der Waals surface area contributed by atoms with Gasteiger partial charge in [0.2, 0.25) is 0 Å². The van der Waals surface area contributed by atoms with Crippen molar-refractivity contribution in [1.29, 1.82) is 0 Å². The Balaban J connectivity index is -0.0000000270. The fourth-order valence-corrected chi connectivity index (χ4v) is 0. The van der Waals surface area contributed by atoms with Gasteiger partial charge in [-0.2, -0.15) is 0 Å². The van der Waals surface area contributed by atoms with Crippen LogP contribution in [0.1, 0.15) is 20.8 Å². The van der Waals surface area contributed by atoms with E-state index in [0.717, 1.165) is 20.8 Å². The maximum atomic E-state index is 9.00. The Morgan fingerprint density at radius 3 is 0.929 bits per heavy atom. The van der Waals surface area contributed by atoms with Gasteiger partial charge in [0.25, 0.3) is 11.9 Å². The van der Waals surface area contributed by atoms with Gasteiger partial charge in [-0.05, 0) is 6.92 Å². The van der Waals surface area contributed by atoms with E-state index in [9.17, 15) is 0 Å². The summed E-state index contributed by atoms with van der Waals surface area (Å²) in [5.41, 5.74) is 0. The Morgan fingerprint density at radius 2 is 0.929 bits per heavy atom. The predicted octanol–water partition coefficient (Wildman–Crippen LogP) is -4.06. The van der Waals surface area contributed by atoms with E-state index >= 15 is 0 Å². The molecule has 0 unspecified atom stereocenters. The Bertz CT molecular complexity index is 120. The Hall–Kier alpha value is -0.0705. The molecule has 83 valence electrons. The summed E-state index contributed by atoms with van der Waals surface area (Å²) in [6, 6.07) is 0. The molecule has 0 saturated heterocycles. The van der Waals surface area contributed by atoms with E-state index in [0.29, 0.717) is 0 Å². The molecule has 0 atom stereocenters. The van der Waals surface area contributed by atoms with Crippen LogP contribution in [0.2, 0.25) is 0 Å². The summed E-state index contributed by atoms with van der Waals surface area (Å²) >= 11 is 0. The summed E-state index contributed by atoms with van der Waals surface area (Å²) in [4.78, 5) is 26.9. The zero-order valence-electron chi connectivity index (χ0n) is 8.33. The van der Waals surface area contributed by atoms with Crippen LogP contribution in [0.3, 0.4) is 0 Å². The van der Waals surface area contributed by atoms with Crippen LogP contribution in [-0.2, 0) is 31.5 Å². The third kappa shape index (κ3) is 287000. The van der Waals surface area contributed by atoms with Crippen molar-refractivity contribution in [3.63, 3.8) is 0 Å². The van der Waals surface area contributed by atoms with Gasteiger partial charge >= 0.3 is 29.6 Å². The summed E-state index contributed by atoms with van der Waals surface area (Å²) in [5, 5.41) is 23.7. The summed E-state index contributed by atoms with van der Waals surface area (Å²) in [6.45, 7) is 3.14. The topological polar surface area (TPSA) is 115 Å². The van der Waals surface area contributed by atoms with Gasteiger partial charge in [-0.25, -0.2) is 0 Å². The van der Waals surface area contributed by atoms with Crippen molar-refractivity contribution < 1.29 is 76.3 Å². The molecule has 0 fully saturated rings. The minimum Gasteiger partial charge on any atom is -0.550 e. The number of hydrogen-bond donors (Lipinski definition) is 2. The maximum Gasteiger partial charge on any atom is 1.00 e. The van der Waals surface area contributed by atoms with E-state index in [1.165, 1.54) is 0 Å². The molecule has 0 amide bonds. The first-order valence-electron chi connectivity index (χ1n) is 2.76. The predicted molar refractivity (Wildman–Crippen MR) is 37.3 cm³/mol. The minimum atomic E-state index is -1.08. The zero-order chi connectivity index (χ0) is 10.7. The molecule has 0 aromatic rings. The molecule has 8 heteroatoms. The average molecular weight is 266 g/mol. The molecule has 0 aromatic carbocycles. The van der Waals surface area contributed by atoms with E-state index in [-0.39, 0.29) is 46.6 Å². The molecule has 0 aliphatic carbocycles. The van der Waals surface area contributed by atoms with Crippen molar-refractivity contribution in [2.45, 2.75) is 20.8 Å². The molecule has 0 aliphatic rings. The fraction of sp³-hybridized carbons (Fsp3) is 0.500. The summed E-state index contributed by atoms with van der Waals surface area (Å²) in [7, 11) is 0. The molecule has 0 bridgehead atoms. The third-order valence-electron chi connectivity index (χ3n) is 0. The minimum absolute atomic E-state index is 0. The van der Waals surface area contributed by atoms with E-state index in [4.69, 9.17) is 29.7 Å². The molecule has 1 radical (unpaired) electrons. The number of aliphatic carboxylic acids is 3. The van der Waals surface area contributed by atoms with Gasteiger partial charge < -0.3 is 20.1 Å². The zero-order valence-corrected chi connectivity index (χ0v) is 11.3. The van der Waals surface area contributed by atoms with Crippen molar-refractivity contribution in [2.24, 2.45) is 0 Å². The van der Waals surface area contributed by atoms with E-state index in [1.807, 2.05) is 0 Å². The average Bonchev–Trinajstić information content (AvgIpc) is 1.54. The molecular weight excluding hydrogens is 255 g/mol. The standard InChI is InChI=1S/3C2H4O2.Cu.Na/c3*1-2(3)4;;/h3*1H3,(H,3,4);;/q;;;;+1/p-1. The molecule has 0 saturated carbocycles. The van der Waals surface area contributed by atoms with Crippen LogP contribution in [-0.4, -0.2) is 28.1 Å². The van der Waals surface area contributed by atoms with Crippen molar-refractivity contribution in [3.8, 4) is 0 Å². The molecule has 0 heterocycles. The van der Waals surface area contributed by atoms with Crippen molar-refractivity contribution in [2.75, 3.05) is 0 Å². The van der Waals surface area contributed by atoms with Crippen LogP contribution in [0.5, 0.6) is 0 Å². The second kappa shape index (κ2) is 23.1. The summed E-state index contributed by atoms with van der Waals surface area (Å²) in [6.07, 6.45) is 0. The van der Waals surface area contributed by atoms with Crippen LogP contribution in [0.25, 0.3) is 0 Å². The normalized spacial score (nSPS) is 5.36. The molecule has 0 spiro atoms. The molecular formula is C6H11CuNaO6. The van der Waals surface area contributed by atoms with Gasteiger partial charge in [-0.3, -0.25) is 9.59 Å². The third-order valence-corrected chi connectivity index (χ3v) is 0. The SMILES string of the molecule is CC(=O)O.CC(=O)O.CC(=O)[O-].[Cu].[Na+]. The molecule has 0 aromatic heterocycles. The van der Waals surface area contributed by atoms with Crippen LogP contribution in [0, 0.1) is 0 Å². The Kier molecular flexibility index (Phi) is 48.1. The summed E-state index contributed by atoms with van der Waals surface area (Å²) in [5.74, 6) is -2.75. The van der Waals surface area contributed by atoms with E-state index in [1.54, 1.807) is 0 Å². The van der Waals surface area contributed by atoms with E-state index in [2.05, 4.69) is 0 Å². The first-order chi connectivity index (χ1) is 5.20. The first kappa shape index (κ1) is 29.2.